The lowest BCUT2D eigenvalue weighted by molar-refractivity contribution is -0.141. The molecule has 0 aliphatic heterocycles. The molecule has 9 heteroatoms. The van der Waals surface area contributed by atoms with E-state index < -0.39 is 16.1 Å². The zero-order valence-corrected chi connectivity index (χ0v) is 25.2. The SMILES string of the molecule is CCC(C(=O)NC1CCCCC1)N(Cc1cccc(C)c1)C(=O)CCCN(c1cccc(Cl)c1C)S(C)(=O)=O. The van der Waals surface area contributed by atoms with Crippen molar-refractivity contribution in [2.24, 2.45) is 0 Å². The molecule has 0 saturated heterocycles. The first kappa shape index (κ1) is 31.0. The lowest BCUT2D eigenvalue weighted by Gasteiger charge is -2.33. The molecule has 214 valence electrons. The standard InChI is InChI=1S/C30H42ClN3O4S/c1-5-27(30(36)32-25-14-7-6-8-15-25)33(21-24-13-9-12-22(2)20-24)29(35)18-11-19-34(39(4,37)38)28-17-10-16-26(31)23(28)3/h9-10,12-13,16-17,20,25,27H,5-8,11,14-15,18-19,21H2,1-4H3,(H,32,36). The maximum atomic E-state index is 13.7. The minimum atomic E-state index is -3.59. The van der Waals surface area contributed by atoms with Gasteiger partial charge in [-0.1, -0.05) is 73.7 Å². The Morgan fingerprint density at radius 3 is 2.41 bits per heavy atom. The van der Waals surface area contributed by atoms with Crippen LogP contribution >= 0.6 is 11.6 Å². The van der Waals surface area contributed by atoms with E-state index in [4.69, 9.17) is 11.6 Å². The topological polar surface area (TPSA) is 86.8 Å². The van der Waals surface area contributed by atoms with Crippen LogP contribution < -0.4 is 9.62 Å². The molecule has 1 aliphatic carbocycles. The van der Waals surface area contributed by atoms with E-state index in [9.17, 15) is 18.0 Å². The van der Waals surface area contributed by atoms with E-state index in [1.165, 1.54) is 10.7 Å². The van der Waals surface area contributed by atoms with Gasteiger partial charge in [-0.05, 0) is 62.8 Å². The molecule has 0 bridgehead atoms. The van der Waals surface area contributed by atoms with Crippen molar-refractivity contribution in [3.63, 3.8) is 0 Å². The van der Waals surface area contributed by atoms with Gasteiger partial charge in [0.25, 0.3) is 0 Å². The second-order valence-corrected chi connectivity index (χ2v) is 12.9. The van der Waals surface area contributed by atoms with Gasteiger partial charge in [0.05, 0.1) is 11.9 Å². The van der Waals surface area contributed by atoms with Crippen LogP contribution in [0.25, 0.3) is 0 Å². The van der Waals surface area contributed by atoms with Crippen molar-refractivity contribution in [2.45, 2.75) is 90.8 Å². The van der Waals surface area contributed by atoms with Crippen LogP contribution in [0.4, 0.5) is 5.69 Å². The first-order valence-electron chi connectivity index (χ1n) is 13.9. The van der Waals surface area contributed by atoms with E-state index in [1.807, 2.05) is 38.1 Å². The molecular weight excluding hydrogens is 534 g/mol. The number of nitrogens with one attached hydrogen (secondary N) is 1. The Morgan fingerprint density at radius 1 is 1.08 bits per heavy atom. The number of hydrogen-bond donors (Lipinski definition) is 1. The smallest absolute Gasteiger partial charge is 0.243 e. The molecule has 0 radical (unpaired) electrons. The normalized spacial score (nSPS) is 15.0. The zero-order chi connectivity index (χ0) is 28.6. The second-order valence-electron chi connectivity index (χ2n) is 10.6. The number of hydrogen-bond acceptors (Lipinski definition) is 4. The van der Waals surface area contributed by atoms with E-state index in [1.54, 1.807) is 30.0 Å². The minimum Gasteiger partial charge on any atom is -0.352 e. The third-order valence-corrected chi connectivity index (χ3v) is 9.02. The first-order chi connectivity index (χ1) is 18.5. The van der Waals surface area contributed by atoms with Gasteiger partial charge in [0.15, 0.2) is 0 Å². The number of sulfonamides is 1. The summed E-state index contributed by atoms with van der Waals surface area (Å²) in [4.78, 5) is 28.8. The number of rotatable bonds is 12. The van der Waals surface area contributed by atoms with Crippen molar-refractivity contribution in [1.29, 1.82) is 0 Å². The van der Waals surface area contributed by atoms with E-state index in [-0.39, 0.29) is 30.8 Å². The first-order valence-corrected chi connectivity index (χ1v) is 16.1. The van der Waals surface area contributed by atoms with E-state index in [0.29, 0.717) is 35.7 Å². The minimum absolute atomic E-state index is 0.113. The van der Waals surface area contributed by atoms with Gasteiger partial charge in [-0.2, -0.15) is 0 Å². The van der Waals surface area contributed by atoms with Gasteiger partial charge in [-0.3, -0.25) is 13.9 Å². The molecule has 1 N–H and O–H groups in total. The van der Waals surface area contributed by atoms with Crippen molar-refractivity contribution in [3.05, 3.63) is 64.2 Å². The van der Waals surface area contributed by atoms with Crippen LogP contribution in [0, 0.1) is 13.8 Å². The summed E-state index contributed by atoms with van der Waals surface area (Å²) in [5.41, 5.74) is 3.22. The molecule has 0 spiro atoms. The van der Waals surface area contributed by atoms with Gasteiger partial charge in [0, 0.05) is 30.6 Å². The monoisotopic (exact) mass is 575 g/mol. The molecule has 7 nitrogen and oxygen atoms in total. The highest BCUT2D eigenvalue weighted by atomic mass is 35.5. The number of carbonyl (C=O) groups excluding carboxylic acids is 2. The lowest BCUT2D eigenvalue weighted by atomic mass is 9.95. The Morgan fingerprint density at radius 2 is 1.77 bits per heavy atom. The lowest BCUT2D eigenvalue weighted by Crippen LogP contribution is -2.51. The van der Waals surface area contributed by atoms with Crippen LogP contribution in [0.2, 0.25) is 5.02 Å². The number of nitrogens with zero attached hydrogens (tertiary/aromatic N) is 2. The predicted octanol–water partition coefficient (Wildman–Crippen LogP) is 5.76. The van der Waals surface area contributed by atoms with Crippen LogP contribution in [0.5, 0.6) is 0 Å². The summed E-state index contributed by atoms with van der Waals surface area (Å²) in [7, 11) is -3.59. The Hall–Kier alpha value is -2.58. The predicted molar refractivity (Wildman–Crippen MR) is 158 cm³/mol. The summed E-state index contributed by atoms with van der Waals surface area (Å²) in [5.74, 6) is -0.281. The van der Waals surface area contributed by atoms with E-state index in [2.05, 4.69) is 5.32 Å². The van der Waals surface area contributed by atoms with Crippen LogP contribution in [0.1, 0.15) is 75.0 Å². The summed E-state index contributed by atoms with van der Waals surface area (Å²) in [6.45, 7) is 6.16. The molecule has 1 fully saturated rings. The molecule has 39 heavy (non-hydrogen) atoms. The van der Waals surface area contributed by atoms with Crippen LogP contribution in [-0.4, -0.2) is 50.0 Å². The van der Waals surface area contributed by atoms with Crippen LogP contribution in [0.3, 0.4) is 0 Å². The summed E-state index contributed by atoms with van der Waals surface area (Å²) in [5, 5.41) is 3.68. The molecule has 3 rings (SSSR count). The Bertz CT molecular complexity index is 1240. The fourth-order valence-electron chi connectivity index (χ4n) is 5.32. The van der Waals surface area contributed by atoms with Gasteiger partial charge < -0.3 is 10.2 Å². The van der Waals surface area contributed by atoms with Gasteiger partial charge in [-0.25, -0.2) is 8.42 Å². The molecule has 2 amide bonds. The summed E-state index contributed by atoms with van der Waals surface area (Å²) >= 11 is 6.25. The van der Waals surface area contributed by atoms with Crippen LogP contribution in [-0.2, 0) is 26.2 Å². The highest BCUT2D eigenvalue weighted by Crippen LogP contribution is 2.28. The Kier molecular flexibility index (Phi) is 11.2. The maximum absolute atomic E-state index is 13.7. The molecule has 2 aromatic carbocycles. The van der Waals surface area contributed by atoms with Crippen molar-refractivity contribution in [3.8, 4) is 0 Å². The van der Waals surface area contributed by atoms with Gasteiger partial charge in [0.2, 0.25) is 21.8 Å². The molecule has 0 heterocycles. The average molecular weight is 576 g/mol. The number of anilines is 1. The highest BCUT2D eigenvalue weighted by molar-refractivity contribution is 7.92. The number of amides is 2. The Labute approximate surface area is 239 Å². The Balaban J connectivity index is 1.78. The summed E-state index contributed by atoms with van der Waals surface area (Å²) in [6, 6.07) is 12.7. The molecule has 1 aliphatic rings. The summed E-state index contributed by atoms with van der Waals surface area (Å²) < 4.78 is 26.6. The van der Waals surface area contributed by atoms with E-state index >= 15 is 0 Å². The van der Waals surface area contributed by atoms with Crippen molar-refractivity contribution in [2.75, 3.05) is 17.1 Å². The van der Waals surface area contributed by atoms with Crippen molar-refractivity contribution < 1.29 is 18.0 Å². The highest BCUT2D eigenvalue weighted by Gasteiger charge is 2.30. The maximum Gasteiger partial charge on any atom is 0.243 e. The van der Waals surface area contributed by atoms with Gasteiger partial charge >= 0.3 is 0 Å². The average Bonchev–Trinajstić information content (AvgIpc) is 2.88. The van der Waals surface area contributed by atoms with Crippen molar-refractivity contribution in [1.82, 2.24) is 10.2 Å². The van der Waals surface area contributed by atoms with Gasteiger partial charge in [-0.15, -0.1) is 0 Å². The number of carbonyl (C=O) groups is 2. The second kappa shape index (κ2) is 14.2. The zero-order valence-electron chi connectivity index (χ0n) is 23.6. The quantitative estimate of drug-likeness (QED) is 0.349. The molecule has 1 atom stereocenters. The third kappa shape index (κ3) is 8.70. The fourth-order valence-corrected chi connectivity index (χ4v) is 6.51. The molecule has 1 saturated carbocycles. The molecule has 0 aromatic heterocycles. The molecule has 1 unspecified atom stereocenters. The number of aryl methyl sites for hydroxylation is 1. The van der Waals surface area contributed by atoms with Gasteiger partial charge in [0.1, 0.15) is 6.04 Å². The molecule has 2 aromatic rings. The largest absolute Gasteiger partial charge is 0.352 e. The number of halogens is 1. The van der Waals surface area contributed by atoms with Crippen LogP contribution in [0.15, 0.2) is 42.5 Å². The summed E-state index contributed by atoms with van der Waals surface area (Å²) in [6.07, 6.45) is 7.42. The fraction of sp³-hybridized carbons (Fsp3) is 0.533. The van der Waals surface area contributed by atoms with E-state index in [0.717, 1.165) is 43.1 Å². The molecular formula is C30H42ClN3O4S. The van der Waals surface area contributed by atoms with Crippen molar-refractivity contribution >= 4 is 39.1 Å². The number of benzene rings is 2. The third-order valence-electron chi connectivity index (χ3n) is 7.43.